The predicted molar refractivity (Wildman–Crippen MR) is 83.5 cm³/mol. The Labute approximate surface area is 120 Å². The lowest BCUT2D eigenvalue weighted by molar-refractivity contribution is 0.0760. The van der Waals surface area contributed by atoms with E-state index in [9.17, 15) is 0 Å². The van der Waals surface area contributed by atoms with Crippen LogP contribution in [0.4, 0.5) is 0 Å². The molecule has 1 aliphatic carbocycles. The van der Waals surface area contributed by atoms with Gasteiger partial charge in [-0.05, 0) is 47.6 Å². The summed E-state index contributed by atoms with van der Waals surface area (Å²) in [6, 6.07) is 14.9. The van der Waals surface area contributed by atoms with Gasteiger partial charge in [0.1, 0.15) is 0 Å². The fourth-order valence-corrected chi connectivity index (χ4v) is 3.38. The van der Waals surface area contributed by atoms with Crippen LogP contribution in [0.15, 0.2) is 42.5 Å². The average Bonchev–Trinajstić information content (AvgIpc) is 2.95. The standard InChI is InChI=1S/C18H23NO/c19-11-15-7-4-8-16(15)12-20-13-17-9-3-6-14-5-1-2-10-18(14)17/h1-3,5-6,9-10,15-16H,4,7-8,11-13,19H2. The summed E-state index contributed by atoms with van der Waals surface area (Å²) in [6.07, 6.45) is 3.86. The second-order valence-corrected chi connectivity index (χ2v) is 5.84. The zero-order valence-corrected chi connectivity index (χ0v) is 11.9. The molecule has 2 aromatic carbocycles. The molecule has 0 aliphatic heterocycles. The van der Waals surface area contributed by atoms with Crippen LogP contribution in [0, 0.1) is 11.8 Å². The summed E-state index contributed by atoms with van der Waals surface area (Å²) in [5.41, 5.74) is 7.11. The highest BCUT2D eigenvalue weighted by atomic mass is 16.5. The molecular weight excluding hydrogens is 246 g/mol. The highest BCUT2D eigenvalue weighted by molar-refractivity contribution is 5.85. The summed E-state index contributed by atoms with van der Waals surface area (Å²) in [5.74, 6) is 1.33. The van der Waals surface area contributed by atoms with E-state index in [4.69, 9.17) is 10.5 Å². The second kappa shape index (κ2) is 6.38. The molecule has 106 valence electrons. The zero-order chi connectivity index (χ0) is 13.8. The maximum Gasteiger partial charge on any atom is 0.0723 e. The Morgan fingerprint density at radius 1 is 1.00 bits per heavy atom. The summed E-state index contributed by atoms with van der Waals surface area (Å²) in [4.78, 5) is 0. The van der Waals surface area contributed by atoms with Crippen molar-refractivity contribution in [1.29, 1.82) is 0 Å². The van der Waals surface area contributed by atoms with Crippen molar-refractivity contribution in [2.45, 2.75) is 25.9 Å². The monoisotopic (exact) mass is 269 g/mol. The Morgan fingerprint density at radius 2 is 1.80 bits per heavy atom. The normalized spacial score (nSPS) is 22.4. The molecule has 2 nitrogen and oxygen atoms in total. The summed E-state index contributed by atoms with van der Waals surface area (Å²) in [6.45, 7) is 2.36. The summed E-state index contributed by atoms with van der Waals surface area (Å²) < 4.78 is 5.99. The molecule has 0 aromatic heterocycles. The van der Waals surface area contributed by atoms with Crippen molar-refractivity contribution in [1.82, 2.24) is 0 Å². The van der Waals surface area contributed by atoms with Crippen LogP contribution in [0.2, 0.25) is 0 Å². The molecule has 0 spiro atoms. The molecule has 0 saturated heterocycles. The molecule has 0 radical (unpaired) electrons. The average molecular weight is 269 g/mol. The largest absolute Gasteiger partial charge is 0.376 e. The van der Waals surface area contributed by atoms with Gasteiger partial charge in [0.05, 0.1) is 13.2 Å². The number of benzene rings is 2. The number of fused-ring (bicyclic) bond motifs is 1. The van der Waals surface area contributed by atoms with Crippen molar-refractivity contribution in [2.24, 2.45) is 17.6 Å². The molecule has 0 bridgehead atoms. The number of ether oxygens (including phenoxy) is 1. The Morgan fingerprint density at radius 3 is 2.70 bits per heavy atom. The van der Waals surface area contributed by atoms with Crippen LogP contribution in [0.1, 0.15) is 24.8 Å². The first-order chi connectivity index (χ1) is 9.88. The van der Waals surface area contributed by atoms with E-state index in [0.717, 1.165) is 13.2 Å². The zero-order valence-electron chi connectivity index (χ0n) is 11.9. The lowest BCUT2D eigenvalue weighted by Crippen LogP contribution is -2.22. The third-order valence-electron chi connectivity index (χ3n) is 4.59. The maximum absolute atomic E-state index is 5.99. The SMILES string of the molecule is NCC1CCCC1COCc1cccc2ccccc12. The summed E-state index contributed by atoms with van der Waals surface area (Å²) in [5, 5.41) is 2.59. The van der Waals surface area contributed by atoms with Gasteiger partial charge in [0, 0.05) is 0 Å². The quantitative estimate of drug-likeness (QED) is 0.897. The van der Waals surface area contributed by atoms with Crippen LogP contribution in [0.5, 0.6) is 0 Å². The van der Waals surface area contributed by atoms with Crippen molar-refractivity contribution < 1.29 is 4.74 Å². The number of rotatable bonds is 5. The van der Waals surface area contributed by atoms with Gasteiger partial charge in [-0.15, -0.1) is 0 Å². The molecule has 1 saturated carbocycles. The third-order valence-corrected chi connectivity index (χ3v) is 4.59. The van der Waals surface area contributed by atoms with E-state index in [2.05, 4.69) is 42.5 Å². The molecule has 0 heterocycles. The maximum atomic E-state index is 5.99. The topological polar surface area (TPSA) is 35.2 Å². The van der Waals surface area contributed by atoms with Crippen molar-refractivity contribution in [3.63, 3.8) is 0 Å². The van der Waals surface area contributed by atoms with Crippen LogP contribution >= 0.6 is 0 Å². The van der Waals surface area contributed by atoms with Gasteiger partial charge in [-0.2, -0.15) is 0 Å². The van der Waals surface area contributed by atoms with E-state index in [-0.39, 0.29) is 0 Å². The van der Waals surface area contributed by atoms with E-state index in [1.165, 1.54) is 35.6 Å². The molecule has 2 aromatic rings. The Bertz CT molecular complexity index is 561. The Kier molecular flexibility index (Phi) is 4.34. The van der Waals surface area contributed by atoms with Gasteiger partial charge in [0.15, 0.2) is 0 Å². The molecule has 20 heavy (non-hydrogen) atoms. The van der Waals surface area contributed by atoms with E-state index < -0.39 is 0 Å². The minimum Gasteiger partial charge on any atom is -0.376 e. The van der Waals surface area contributed by atoms with Crippen LogP contribution in [-0.4, -0.2) is 13.2 Å². The highest BCUT2D eigenvalue weighted by Gasteiger charge is 2.25. The van der Waals surface area contributed by atoms with Gasteiger partial charge in [-0.3, -0.25) is 0 Å². The molecule has 2 unspecified atom stereocenters. The number of hydrogen-bond donors (Lipinski definition) is 1. The summed E-state index contributed by atoms with van der Waals surface area (Å²) >= 11 is 0. The minimum atomic E-state index is 0.662. The molecule has 2 atom stereocenters. The van der Waals surface area contributed by atoms with Crippen LogP contribution in [0.3, 0.4) is 0 Å². The van der Waals surface area contributed by atoms with Gasteiger partial charge in [-0.25, -0.2) is 0 Å². The number of nitrogens with two attached hydrogens (primary N) is 1. The smallest absolute Gasteiger partial charge is 0.0723 e. The molecular formula is C18H23NO. The van der Waals surface area contributed by atoms with Crippen molar-refractivity contribution in [3.05, 3.63) is 48.0 Å². The molecule has 0 amide bonds. The fraction of sp³-hybridized carbons (Fsp3) is 0.444. The molecule has 1 aliphatic rings. The van der Waals surface area contributed by atoms with E-state index >= 15 is 0 Å². The van der Waals surface area contributed by atoms with Crippen molar-refractivity contribution in [3.8, 4) is 0 Å². The Hall–Kier alpha value is -1.38. The molecule has 3 rings (SSSR count). The Balaban J connectivity index is 1.63. The van der Waals surface area contributed by atoms with Gasteiger partial charge in [-0.1, -0.05) is 48.9 Å². The van der Waals surface area contributed by atoms with E-state index in [0.29, 0.717) is 18.4 Å². The predicted octanol–water partition coefficient (Wildman–Crippen LogP) is 3.73. The first-order valence-corrected chi connectivity index (χ1v) is 7.63. The van der Waals surface area contributed by atoms with E-state index in [1.54, 1.807) is 0 Å². The van der Waals surface area contributed by atoms with Crippen LogP contribution < -0.4 is 5.73 Å². The fourth-order valence-electron chi connectivity index (χ4n) is 3.38. The van der Waals surface area contributed by atoms with Gasteiger partial charge in [0.2, 0.25) is 0 Å². The second-order valence-electron chi connectivity index (χ2n) is 5.84. The van der Waals surface area contributed by atoms with Gasteiger partial charge in [0.25, 0.3) is 0 Å². The lowest BCUT2D eigenvalue weighted by Gasteiger charge is -2.18. The van der Waals surface area contributed by atoms with Crippen LogP contribution in [0.25, 0.3) is 10.8 Å². The van der Waals surface area contributed by atoms with Gasteiger partial charge < -0.3 is 10.5 Å². The van der Waals surface area contributed by atoms with Crippen molar-refractivity contribution >= 4 is 10.8 Å². The van der Waals surface area contributed by atoms with Crippen molar-refractivity contribution in [2.75, 3.05) is 13.2 Å². The molecule has 2 heteroatoms. The molecule has 1 fully saturated rings. The number of hydrogen-bond acceptors (Lipinski definition) is 2. The lowest BCUT2D eigenvalue weighted by atomic mass is 9.97. The summed E-state index contributed by atoms with van der Waals surface area (Å²) in [7, 11) is 0. The first kappa shape index (κ1) is 13.6. The third kappa shape index (κ3) is 2.87. The molecule has 2 N–H and O–H groups in total. The minimum absolute atomic E-state index is 0.662. The van der Waals surface area contributed by atoms with Gasteiger partial charge >= 0.3 is 0 Å². The highest BCUT2D eigenvalue weighted by Crippen LogP contribution is 2.31. The first-order valence-electron chi connectivity index (χ1n) is 7.63. The van der Waals surface area contributed by atoms with Crippen LogP contribution in [-0.2, 0) is 11.3 Å². The van der Waals surface area contributed by atoms with E-state index in [1.807, 2.05) is 0 Å².